The van der Waals surface area contributed by atoms with Crippen LogP contribution in [0.5, 0.6) is 28.7 Å². The molecule has 33 heavy (non-hydrogen) atoms. The van der Waals surface area contributed by atoms with E-state index in [4.69, 9.17) is 18.9 Å². The first-order valence-corrected chi connectivity index (χ1v) is 11.8. The highest BCUT2D eigenvalue weighted by Gasteiger charge is 2.11. The fraction of sp³-hybridized carbons (Fsp3) is 0.222. The summed E-state index contributed by atoms with van der Waals surface area (Å²) in [6.45, 7) is 2.78. The quantitative estimate of drug-likeness (QED) is 0.189. The molecule has 0 radical (unpaired) electrons. The van der Waals surface area contributed by atoms with Gasteiger partial charge in [-0.15, -0.1) is 11.8 Å². The topological polar surface area (TPSA) is 49.8 Å². The van der Waals surface area contributed by atoms with E-state index in [0.29, 0.717) is 18.1 Å². The van der Waals surface area contributed by atoms with Gasteiger partial charge in [-0.2, -0.15) is 0 Å². The Balaban J connectivity index is 1.33. The number of aromatic nitrogens is 1. The van der Waals surface area contributed by atoms with Crippen LogP contribution in [0, 0.1) is 6.92 Å². The second kappa shape index (κ2) is 11.0. The summed E-state index contributed by atoms with van der Waals surface area (Å²) in [4.78, 5) is 5.62. The molecule has 0 fully saturated rings. The summed E-state index contributed by atoms with van der Waals surface area (Å²) < 4.78 is 22.8. The molecule has 170 valence electrons. The molecule has 5 nitrogen and oxygen atoms in total. The minimum Gasteiger partial charge on any atom is -0.494 e. The third-order valence-electron chi connectivity index (χ3n) is 5.07. The Kier molecular flexibility index (Phi) is 7.58. The highest BCUT2D eigenvalue weighted by Crippen LogP contribution is 2.37. The molecule has 3 aromatic carbocycles. The summed E-state index contributed by atoms with van der Waals surface area (Å²) in [5.74, 6) is 4.68. The molecule has 0 atom stereocenters. The van der Waals surface area contributed by atoms with Crippen LogP contribution in [0.4, 0.5) is 0 Å². The van der Waals surface area contributed by atoms with Gasteiger partial charge in [0.2, 0.25) is 0 Å². The number of ether oxygens (including phenoxy) is 4. The van der Waals surface area contributed by atoms with Crippen molar-refractivity contribution in [2.75, 3.05) is 26.6 Å². The Morgan fingerprint density at radius 1 is 0.818 bits per heavy atom. The van der Waals surface area contributed by atoms with E-state index in [9.17, 15) is 0 Å². The third kappa shape index (κ3) is 5.90. The standard InChI is InChI=1S/C27H27NO4S/c1-19-6-4-7-21(16-19)31-14-5-15-33-22-10-8-20(9-11-22)32-25-12-13-28-24-18-27(30-3)26(29-2)17-23(24)25/h4,6-13,16-18H,5,14-15H2,1-3H3. The van der Waals surface area contributed by atoms with Gasteiger partial charge in [-0.25, -0.2) is 0 Å². The monoisotopic (exact) mass is 461 g/mol. The molecule has 0 saturated carbocycles. The summed E-state index contributed by atoms with van der Waals surface area (Å²) in [5.41, 5.74) is 1.99. The van der Waals surface area contributed by atoms with Crippen molar-refractivity contribution in [2.24, 2.45) is 0 Å². The summed E-state index contributed by atoms with van der Waals surface area (Å²) in [7, 11) is 3.23. The van der Waals surface area contributed by atoms with E-state index in [-0.39, 0.29) is 0 Å². The van der Waals surface area contributed by atoms with Gasteiger partial charge in [0.1, 0.15) is 17.2 Å². The summed E-state index contributed by atoms with van der Waals surface area (Å²) >= 11 is 1.81. The molecule has 0 aliphatic rings. The number of hydrogen-bond donors (Lipinski definition) is 0. The number of nitrogens with zero attached hydrogens (tertiary/aromatic N) is 1. The normalized spacial score (nSPS) is 10.8. The second-order valence-corrected chi connectivity index (χ2v) is 8.64. The lowest BCUT2D eigenvalue weighted by Crippen LogP contribution is -1.98. The number of methoxy groups -OCH3 is 2. The van der Waals surface area contributed by atoms with E-state index in [2.05, 4.69) is 36.2 Å². The van der Waals surface area contributed by atoms with Gasteiger partial charge in [-0.3, -0.25) is 4.98 Å². The number of rotatable bonds is 10. The smallest absolute Gasteiger partial charge is 0.162 e. The van der Waals surface area contributed by atoms with Crippen LogP contribution < -0.4 is 18.9 Å². The van der Waals surface area contributed by atoms with Crippen molar-refractivity contribution in [3.8, 4) is 28.7 Å². The summed E-state index contributed by atoms with van der Waals surface area (Å²) in [6, 6.07) is 21.9. The van der Waals surface area contributed by atoms with Gasteiger partial charge in [0.25, 0.3) is 0 Å². The summed E-state index contributed by atoms with van der Waals surface area (Å²) in [5, 5.41) is 0.863. The van der Waals surface area contributed by atoms with E-state index < -0.39 is 0 Å². The maximum atomic E-state index is 6.16. The van der Waals surface area contributed by atoms with Crippen molar-refractivity contribution in [2.45, 2.75) is 18.2 Å². The molecule has 0 saturated heterocycles. The molecule has 4 aromatic rings. The minimum atomic E-state index is 0.639. The lowest BCUT2D eigenvalue weighted by atomic mass is 10.2. The van der Waals surface area contributed by atoms with Gasteiger partial charge in [0.05, 0.1) is 26.3 Å². The van der Waals surface area contributed by atoms with E-state index in [1.165, 1.54) is 10.5 Å². The molecule has 1 heterocycles. The largest absolute Gasteiger partial charge is 0.494 e. The molecule has 0 N–H and O–H groups in total. The number of hydrogen-bond acceptors (Lipinski definition) is 6. The fourth-order valence-corrected chi connectivity index (χ4v) is 4.24. The van der Waals surface area contributed by atoms with Gasteiger partial charge >= 0.3 is 0 Å². The molecule has 0 unspecified atom stereocenters. The first kappa shape index (κ1) is 22.8. The highest BCUT2D eigenvalue weighted by atomic mass is 32.2. The first-order valence-electron chi connectivity index (χ1n) is 10.8. The Hall–Kier alpha value is -3.38. The predicted molar refractivity (Wildman–Crippen MR) is 133 cm³/mol. The number of pyridine rings is 1. The van der Waals surface area contributed by atoms with Crippen LogP contribution in [0.1, 0.15) is 12.0 Å². The zero-order chi connectivity index (χ0) is 23.0. The molecular formula is C27H27NO4S. The van der Waals surface area contributed by atoms with Crippen LogP contribution in [0.25, 0.3) is 10.9 Å². The maximum Gasteiger partial charge on any atom is 0.162 e. The van der Waals surface area contributed by atoms with Gasteiger partial charge in [0.15, 0.2) is 11.5 Å². The molecule has 0 spiro atoms. The van der Waals surface area contributed by atoms with Crippen molar-refractivity contribution in [1.82, 2.24) is 4.98 Å². The maximum absolute atomic E-state index is 6.16. The Morgan fingerprint density at radius 2 is 1.61 bits per heavy atom. The average molecular weight is 462 g/mol. The second-order valence-electron chi connectivity index (χ2n) is 7.47. The van der Waals surface area contributed by atoms with E-state index in [1.54, 1.807) is 20.4 Å². The van der Waals surface area contributed by atoms with Crippen molar-refractivity contribution < 1.29 is 18.9 Å². The highest BCUT2D eigenvalue weighted by molar-refractivity contribution is 7.99. The van der Waals surface area contributed by atoms with Crippen LogP contribution >= 0.6 is 11.8 Å². The van der Waals surface area contributed by atoms with Crippen LogP contribution in [0.3, 0.4) is 0 Å². The molecule has 1 aromatic heterocycles. The number of thioether (sulfide) groups is 1. The molecule has 0 aliphatic carbocycles. The lowest BCUT2D eigenvalue weighted by molar-refractivity contribution is 0.318. The van der Waals surface area contributed by atoms with Gasteiger partial charge in [-0.05, 0) is 67.4 Å². The Bertz CT molecular complexity index is 1210. The zero-order valence-electron chi connectivity index (χ0n) is 19.0. The Morgan fingerprint density at radius 3 is 2.36 bits per heavy atom. The number of aryl methyl sites for hydroxylation is 1. The van der Waals surface area contributed by atoms with Gasteiger partial charge in [0, 0.05) is 28.3 Å². The molecule has 0 aliphatic heterocycles. The van der Waals surface area contributed by atoms with Gasteiger partial charge in [-0.1, -0.05) is 12.1 Å². The van der Waals surface area contributed by atoms with Crippen LogP contribution in [0.2, 0.25) is 0 Å². The van der Waals surface area contributed by atoms with Crippen molar-refractivity contribution in [1.29, 1.82) is 0 Å². The van der Waals surface area contributed by atoms with E-state index in [1.807, 2.05) is 54.2 Å². The van der Waals surface area contributed by atoms with Crippen LogP contribution in [-0.4, -0.2) is 31.6 Å². The fourth-order valence-electron chi connectivity index (χ4n) is 3.41. The Labute approximate surface area is 198 Å². The zero-order valence-corrected chi connectivity index (χ0v) is 19.9. The molecular weight excluding hydrogens is 434 g/mol. The SMILES string of the molecule is COc1cc2nccc(Oc3ccc(SCCCOc4cccc(C)c4)cc3)c2cc1OC. The third-order valence-corrected chi connectivity index (χ3v) is 6.17. The minimum absolute atomic E-state index is 0.639. The molecule has 0 amide bonds. The summed E-state index contributed by atoms with van der Waals surface area (Å²) in [6.07, 6.45) is 2.71. The molecule has 4 rings (SSSR count). The predicted octanol–water partition coefficient (Wildman–Crippen LogP) is 6.91. The first-order chi connectivity index (χ1) is 16.2. The van der Waals surface area contributed by atoms with E-state index >= 15 is 0 Å². The van der Waals surface area contributed by atoms with Crippen LogP contribution in [0.15, 0.2) is 77.8 Å². The van der Waals surface area contributed by atoms with E-state index in [0.717, 1.165) is 40.3 Å². The molecule has 6 heteroatoms. The number of fused-ring (bicyclic) bond motifs is 1. The number of benzene rings is 3. The van der Waals surface area contributed by atoms with Crippen molar-refractivity contribution in [3.05, 3.63) is 78.5 Å². The van der Waals surface area contributed by atoms with Crippen molar-refractivity contribution >= 4 is 22.7 Å². The lowest BCUT2D eigenvalue weighted by Gasteiger charge is -2.12. The van der Waals surface area contributed by atoms with Gasteiger partial charge < -0.3 is 18.9 Å². The van der Waals surface area contributed by atoms with Crippen molar-refractivity contribution in [3.63, 3.8) is 0 Å². The molecule has 0 bridgehead atoms. The van der Waals surface area contributed by atoms with Crippen LogP contribution in [-0.2, 0) is 0 Å². The average Bonchev–Trinajstić information content (AvgIpc) is 2.84.